The number of carbonyl (C=O) groups excluding carboxylic acids is 1. The normalized spacial score (nSPS) is 37.7. The van der Waals surface area contributed by atoms with Crippen molar-refractivity contribution in [2.75, 3.05) is 0 Å². The summed E-state index contributed by atoms with van der Waals surface area (Å²) in [6.45, 7) is 10.1. The number of hydrogen-bond acceptors (Lipinski definition) is 4. The van der Waals surface area contributed by atoms with Crippen LogP contribution in [0.5, 0.6) is 0 Å². The van der Waals surface area contributed by atoms with Crippen LogP contribution in [0.1, 0.15) is 62.2 Å². The molecule has 0 unspecified atom stereocenters. The highest BCUT2D eigenvalue weighted by Crippen LogP contribution is 2.63. The second-order valence-corrected chi connectivity index (χ2v) is 7.91. The Kier molecular flexibility index (Phi) is 3.33. The van der Waals surface area contributed by atoms with E-state index in [9.17, 15) is 9.90 Å². The van der Waals surface area contributed by atoms with E-state index in [0.29, 0.717) is 18.6 Å². The minimum absolute atomic E-state index is 0.100. The van der Waals surface area contributed by atoms with E-state index < -0.39 is 6.10 Å². The average Bonchev–Trinajstić information content (AvgIpc) is 2.86. The van der Waals surface area contributed by atoms with Crippen molar-refractivity contribution in [3.63, 3.8) is 0 Å². The molecule has 1 saturated carbocycles. The van der Waals surface area contributed by atoms with E-state index in [4.69, 9.17) is 9.15 Å². The summed E-state index contributed by atoms with van der Waals surface area (Å²) >= 11 is 0. The van der Waals surface area contributed by atoms with Crippen LogP contribution in [0.2, 0.25) is 0 Å². The van der Waals surface area contributed by atoms with Crippen LogP contribution in [0.15, 0.2) is 34.3 Å². The summed E-state index contributed by atoms with van der Waals surface area (Å²) in [4.78, 5) is 12.2. The molecule has 0 spiro atoms. The predicted molar refractivity (Wildman–Crippen MR) is 89.4 cm³/mol. The maximum atomic E-state index is 12.2. The number of carbonyl (C=O) groups is 1. The highest BCUT2D eigenvalue weighted by atomic mass is 16.5. The molecule has 0 aromatic carbocycles. The van der Waals surface area contributed by atoms with E-state index >= 15 is 0 Å². The van der Waals surface area contributed by atoms with Gasteiger partial charge in [0.2, 0.25) is 0 Å². The van der Waals surface area contributed by atoms with Crippen molar-refractivity contribution in [2.45, 2.75) is 58.2 Å². The smallest absolute Gasteiger partial charge is 0.334 e. The Morgan fingerprint density at radius 1 is 1.46 bits per heavy atom. The van der Waals surface area contributed by atoms with Crippen molar-refractivity contribution in [3.05, 3.63) is 47.0 Å². The van der Waals surface area contributed by atoms with E-state index in [-0.39, 0.29) is 29.3 Å². The first-order valence-corrected chi connectivity index (χ1v) is 8.66. The number of aliphatic hydroxyl groups is 1. The third-order valence-electron chi connectivity index (χ3n) is 6.10. The highest BCUT2D eigenvalue weighted by Gasteiger charge is 2.60. The molecule has 5 atom stereocenters. The van der Waals surface area contributed by atoms with Crippen LogP contribution in [0.3, 0.4) is 0 Å². The molecule has 24 heavy (non-hydrogen) atoms. The number of rotatable bonds is 1. The van der Waals surface area contributed by atoms with Gasteiger partial charge < -0.3 is 14.3 Å². The van der Waals surface area contributed by atoms with E-state index in [0.717, 1.165) is 28.9 Å². The number of furan rings is 1. The van der Waals surface area contributed by atoms with Gasteiger partial charge in [-0.3, -0.25) is 0 Å². The van der Waals surface area contributed by atoms with Gasteiger partial charge in [0.1, 0.15) is 23.7 Å². The van der Waals surface area contributed by atoms with E-state index in [2.05, 4.69) is 13.5 Å². The molecule has 0 amide bonds. The minimum atomic E-state index is -0.727. The highest BCUT2D eigenvalue weighted by molar-refractivity contribution is 5.91. The monoisotopic (exact) mass is 328 g/mol. The summed E-state index contributed by atoms with van der Waals surface area (Å²) in [6.07, 6.45) is 3.27. The second kappa shape index (κ2) is 5.09. The largest absolute Gasteiger partial charge is 0.463 e. The van der Waals surface area contributed by atoms with Crippen LogP contribution in [0.4, 0.5) is 0 Å². The van der Waals surface area contributed by atoms with Gasteiger partial charge in [0.05, 0.1) is 0 Å². The first kappa shape index (κ1) is 15.7. The molecule has 4 bridgehead atoms. The molecule has 128 valence electrons. The molecule has 3 heterocycles. The average molecular weight is 328 g/mol. The summed E-state index contributed by atoms with van der Waals surface area (Å²) in [5.41, 5.74) is 2.52. The Morgan fingerprint density at radius 3 is 2.92 bits per heavy atom. The Balaban J connectivity index is 1.78. The van der Waals surface area contributed by atoms with Gasteiger partial charge in [0.15, 0.2) is 0 Å². The fourth-order valence-electron chi connectivity index (χ4n) is 4.26. The maximum Gasteiger partial charge on any atom is 0.334 e. The van der Waals surface area contributed by atoms with Gasteiger partial charge in [-0.1, -0.05) is 19.1 Å². The summed E-state index contributed by atoms with van der Waals surface area (Å²) in [6, 6.07) is 2.03. The van der Waals surface area contributed by atoms with Crippen LogP contribution in [0.25, 0.3) is 0 Å². The van der Waals surface area contributed by atoms with Crippen LogP contribution in [-0.4, -0.2) is 17.2 Å². The Bertz CT molecular complexity index is 756. The molecule has 4 heteroatoms. The zero-order valence-electron chi connectivity index (χ0n) is 14.5. The van der Waals surface area contributed by atoms with Crippen molar-refractivity contribution >= 4 is 5.97 Å². The lowest BCUT2D eigenvalue weighted by atomic mass is 9.87. The molecular weight excluding hydrogens is 304 g/mol. The van der Waals surface area contributed by atoms with Crippen molar-refractivity contribution < 1.29 is 19.1 Å². The van der Waals surface area contributed by atoms with E-state index in [1.165, 1.54) is 0 Å². The third-order valence-corrected chi connectivity index (χ3v) is 6.10. The van der Waals surface area contributed by atoms with Crippen LogP contribution in [-0.2, 0) is 9.53 Å². The van der Waals surface area contributed by atoms with Crippen LogP contribution in [0, 0.1) is 18.3 Å². The molecule has 0 saturated heterocycles. The van der Waals surface area contributed by atoms with E-state index in [1.54, 1.807) is 0 Å². The van der Waals surface area contributed by atoms with E-state index in [1.807, 2.05) is 26.0 Å². The lowest BCUT2D eigenvalue weighted by Crippen LogP contribution is -2.20. The minimum Gasteiger partial charge on any atom is -0.463 e. The van der Waals surface area contributed by atoms with Crippen molar-refractivity contribution in [1.82, 2.24) is 0 Å². The number of fused-ring (bicyclic) bond motifs is 6. The summed E-state index contributed by atoms with van der Waals surface area (Å²) in [5, 5.41) is 10.9. The topological polar surface area (TPSA) is 59.7 Å². The predicted octanol–water partition coefficient (Wildman–Crippen LogP) is 3.95. The number of esters is 1. The first-order valence-electron chi connectivity index (χ1n) is 8.66. The lowest BCUT2D eigenvalue weighted by molar-refractivity contribution is -0.142. The van der Waals surface area contributed by atoms with Crippen molar-refractivity contribution in [1.29, 1.82) is 0 Å². The number of aliphatic hydroxyl groups excluding tert-OH is 1. The molecule has 4 rings (SSSR count). The standard InChI is InChI=1S/C20H24O4/c1-10(2)13-6-5-12-8-16(24-19(12)22)20(4)9-14(20)15-7-11(3)18(23-15)17(13)21/h7-8,13-14,16-17,21H,1,5-6,9H2,2-4H3/t13-,14-,16+,17+,20+/m0/s1. The molecule has 1 aromatic rings. The Hall–Kier alpha value is -1.81. The van der Waals surface area contributed by atoms with Gasteiger partial charge in [0, 0.05) is 22.8 Å². The summed E-state index contributed by atoms with van der Waals surface area (Å²) in [7, 11) is 0. The van der Waals surface area contributed by atoms with Gasteiger partial charge >= 0.3 is 5.97 Å². The molecule has 1 aliphatic carbocycles. The fourth-order valence-corrected chi connectivity index (χ4v) is 4.26. The van der Waals surface area contributed by atoms with Crippen LogP contribution < -0.4 is 0 Å². The zero-order chi connectivity index (χ0) is 17.2. The lowest BCUT2D eigenvalue weighted by Gasteiger charge is -2.22. The summed E-state index contributed by atoms with van der Waals surface area (Å²) < 4.78 is 11.7. The van der Waals surface area contributed by atoms with Crippen LogP contribution >= 0.6 is 0 Å². The Labute approximate surface area is 142 Å². The number of hydrogen-bond donors (Lipinski definition) is 1. The van der Waals surface area contributed by atoms with Crippen molar-refractivity contribution in [2.24, 2.45) is 11.3 Å². The van der Waals surface area contributed by atoms with Gasteiger partial charge in [-0.05, 0) is 50.8 Å². The zero-order valence-corrected chi connectivity index (χ0v) is 14.5. The summed E-state index contributed by atoms with van der Waals surface area (Å²) in [5.74, 6) is 1.41. The third kappa shape index (κ3) is 2.20. The number of aryl methyl sites for hydroxylation is 1. The van der Waals surface area contributed by atoms with Gasteiger partial charge in [-0.15, -0.1) is 0 Å². The molecular formula is C20H24O4. The maximum absolute atomic E-state index is 12.2. The molecule has 1 N–H and O–H groups in total. The molecule has 1 aromatic heterocycles. The van der Waals surface area contributed by atoms with Crippen molar-refractivity contribution in [3.8, 4) is 0 Å². The van der Waals surface area contributed by atoms with Gasteiger partial charge in [-0.25, -0.2) is 4.79 Å². The Morgan fingerprint density at radius 2 is 2.21 bits per heavy atom. The first-order chi connectivity index (χ1) is 11.3. The SMILES string of the molecule is C=C(C)[C@@H]1CCC2=C[C@@H](OC2=O)[C@]2(C)C[C@H]2c2cc(C)c(o2)[C@@H]1O. The van der Waals surface area contributed by atoms with Gasteiger partial charge in [-0.2, -0.15) is 0 Å². The molecule has 4 nitrogen and oxygen atoms in total. The molecule has 1 fully saturated rings. The van der Waals surface area contributed by atoms with Gasteiger partial charge in [0.25, 0.3) is 0 Å². The molecule has 2 aliphatic heterocycles. The number of ether oxygens (including phenoxy) is 1. The second-order valence-electron chi connectivity index (χ2n) is 7.91. The fraction of sp³-hybridized carbons (Fsp3) is 0.550. The molecule has 0 radical (unpaired) electrons. The molecule has 3 aliphatic rings. The quantitative estimate of drug-likeness (QED) is 0.626.